The summed E-state index contributed by atoms with van der Waals surface area (Å²) in [6.45, 7) is 5.93. The lowest BCUT2D eigenvalue weighted by Crippen LogP contribution is -2.49. The van der Waals surface area contributed by atoms with E-state index in [0.29, 0.717) is 6.04 Å². The second kappa shape index (κ2) is 5.35. The summed E-state index contributed by atoms with van der Waals surface area (Å²) < 4.78 is 0. The van der Waals surface area contributed by atoms with Gasteiger partial charge in [-0.25, -0.2) is 0 Å². The number of nitrogens with one attached hydrogen (secondary N) is 1. The predicted octanol–water partition coefficient (Wildman–Crippen LogP) is 0.180. The van der Waals surface area contributed by atoms with Crippen molar-refractivity contribution in [2.24, 2.45) is 0 Å². The van der Waals surface area contributed by atoms with E-state index in [9.17, 15) is 4.79 Å². The van der Waals surface area contributed by atoms with Gasteiger partial charge < -0.3 is 10.2 Å². The zero-order valence-electron chi connectivity index (χ0n) is 7.37. The van der Waals surface area contributed by atoms with Crippen molar-refractivity contribution in [2.75, 3.05) is 19.6 Å². The molecular formula is C7H15ClN2O2. The lowest BCUT2D eigenvalue weighted by molar-refractivity contribution is -0.192. The molecule has 1 fully saturated rings. The van der Waals surface area contributed by atoms with Gasteiger partial charge in [0.1, 0.15) is 0 Å². The maximum absolute atomic E-state index is 10.5. The first kappa shape index (κ1) is 11.7. The fraction of sp³-hybridized carbons (Fsp3) is 0.857. The molecule has 1 N–H and O–H groups in total. The Hall–Kier alpha value is -0.320. The van der Waals surface area contributed by atoms with E-state index >= 15 is 0 Å². The summed E-state index contributed by atoms with van der Waals surface area (Å²) in [6.07, 6.45) is 0. The molecule has 1 saturated heterocycles. The maximum atomic E-state index is 10.5. The number of hydrogen-bond donors (Lipinski definition) is 1. The minimum Gasteiger partial charge on any atom is -0.368 e. The highest BCUT2D eigenvalue weighted by atomic mass is 35.5. The van der Waals surface area contributed by atoms with Gasteiger partial charge in [0.2, 0.25) is 0 Å². The Morgan fingerprint density at radius 2 is 2.33 bits per heavy atom. The molecule has 0 aromatic rings. The highest BCUT2D eigenvalue weighted by molar-refractivity contribution is 5.85. The molecule has 4 nitrogen and oxygen atoms in total. The monoisotopic (exact) mass is 194 g/mol. The third-order valence-electron chi connectivity index (χ3n) is 1.59. The highest BCUT2D eigenvalue weighted by Crippen LogP contribution is 1.98. The van der Waals surface area contributed by atoms with Gasteiger partial charge in [-0.3, -0.25) is 4.79 Å². The number of rotatable bonds is 1. The summed E-state index contributed by atoms with van der Waals surface area (Å²) in [5.41, 5.74) is 0. The van der Waals surface area contributed by atoms with Crippen molar-refractivity contribution in [3.8, 4) is 0 Å². The fourth-order valence-corrected chi connectivity index (χ4v) is 1.16. The first-order valence-corrected chi connectivity index (χ1v) is 3.85. The van der Waals surface area contributed by atoms with Crippen LogP contribution in [0, 0.1) is 0 Å². The van der Waals surface area contributed by atoms with Gasteiger partial charge in [-0.1, -0.05) is 0 Å². The molecule has 0 radical (unpaired) electrons. The highest BCUT2D eigenvalue weighted by Gasteiger charge is 2.17. The molecule has 72 valence electrons. The van der Waals surface area contributed by atoms with E-state index in [1.54, 1.807) is 5.06 Å². The Kier molecular flexibility index (Phi) is 5.20. The first-order valence-electron chi connectivity index (χ1n) is 3.85. The Morgan fingerprint density at radius 1 is 1.67 bits per heavy atom. The SMILES string of the molecule is CC(=O)ON1CCNC(C)C1.Cl. The number of hydrogen-bond acceptors (Lipinski definition) is 4. The molecular weight excluding hydrogens is 180 g/mol. The number of halogens is 1. The summed E-state index contributed by atoms with van der Waals surface area (Å²) in [5, 5.41) is 4.95. The molecule has 1 rings (SSSR count). The van der Waals surface area contributed by atoms with Gasteiger partial charge in [0.05, 0.1) is 6.54 Å². The van der Waals surface area contributed by atoms with Crippen LogP contribution in [0.1, 0.15) is 13.8 Å². The first-order chi connectivity index (χ1) is 5.18. The second-order valence-electron chi connectivity index (χ2n) is 2.83. The van der Waals surface area contributed by atoms with Crippen LogP contribution in [0.3, 0.4) is 0 Å². The molecule has 1 atom stereocenters. The van der Waals surface area contributed by atoms with Crippen molar-refractivity contribution >= 4 is 18.4 Å². The van der Waals surface area contributed by atoms with Gasteiger partial charge in [0, 0.05) is 26.1 Å². The minimum atomic E-state index is -0.237. The maximum Gasteiger partial charge on any atom is 0.322 e. The Morgan fingerprint density at radius 3 is 2.83 bits per heavy atom. The molecule has 1 aliphatic rings. The van der Waals surface area contributed by atoms with E-state index in [1.165, 1.54) is 6.92 Å². The van der Waals surface area contributed by atoms with Crippen LogP contribution in [0.4, 0.5) is 0 Å². The van der Waals surface area contributed by atoms with Crippen molar-refractivity contribution in [3.63, 3.8) is 0 Å². The molecule has 0 aromatic heterocycles. The van der Waals surface area contributed by atoms with Crippen molar-refractivity contribution in [1.82, 2.24) is 10.4 Å². The van der Waals surface area contributed by atoms with Gasteiger partial charge in [0.25, 0.3) is 0 Å². The lowest BCUT2D eigenvalue weighted by atomic mass is 10.3. The molecule has 0 bridgehead atoms. The van der Waals surface area contributed by atoms with E-state index in [-0.39, 0.29) is 18.4 Å². The number of nitrogens with zero attached hydrogens (tertiary/aromatic N) is 1. The standard InChI is InChI=1S/C7H14N2O2.ClH/c1-6-5-9(4-3-8-6)11-7(2)10;/h6,8H,3-5H2,1-2H3;1H. The normalized spacial score (nSPS) is 24.3. The second-order valence-corrected chi connectivity index (χ2v) is 2.83. The fourth-order valence-electron chi connectivity index (χ4n) is 1.16. The molecule has 0 amide bonds. The van der Waals surface area contributed by atoms with Crippen LogP contribution in [0.15, 0.2) is 0 Å². The van der Waals surface area contributed by atoms with E-state index in [1.807, 2.05) is 0 Å². The van der Waals surface area contributed by atoms with Crippen LogP contribution in [-0.2, 0) is 9.63 Å². The van der Waals surface area contributed by atoms with Crippen LogP contribution in [0.5, 0.6) is 0 Å². The topological polar surface area (TPSA) is 41.6 Å². The van der Waals surface area contributed by atoms with Crippen LogP contribution < -0.4 is 5.32 Å². The van der Waals surface area contributed by atoms with Crippen molar-refractivity contribution < 1.29 is 9.63 Å². The van der Waals surface area contributed by atoms with Gasteiger partial charge >= 0.3 is 5.97 Å². The van der Waals surface area contributed by atoms with Crippen LogP contribution in [0.2, 0.25) is 0 Å². The molecule has 1 unspecified atom stereocenters. The molecule has 1 heterocycles. The average molecular weight is 195 g/mol. The molecule has 1 aliphatic heterocycles. The predicted molar refractivity (Wildman–Crippen MR) is 48.1 cm³/mol. The third kappa shape index (κ3) is 3.90. The minimum absolute atomic E-state index is 0. The molecule has 0 aromatic carbocycles. The van der Waals surface area contributed by atoms with Crippen LogP contribution in [0.25, 0.3) is 0 Å². The summed E-state index contributed by atoms with van der Waals surface area (Å²) in [5.74, 6) is -0.237. The van der Waals surface area contributed by atoms with Gasteiger partial charge in [0.15, 0.2) is 0 Å². The van der Waals surface area contributed by atoms with E-state index < -0.39 is 0 Å². The van der Waals surface area contributed by atoms with E-state index in [4.69, 9.17) is 4.84 Å². The number of carbonyl (C=O) groups excluding carboxylic acids is 1. The van der Waals surface area contributed by atoms with Crippen molar-refractivity contribution in [2.45, 2.75) is 19.9 Å². The lowest BCUT2D eigenvalue weighted by Gasteiger charge is -2.29. The number of hydroxylamine groups is 2. The molecule has 0 saturated carbocycles. The summed E-state index contributed by atoms with van der Waals surface area (Å²) in [7, 11) is 0. The van der Waals surface area contributed by atoms with E-state index in [0.717, 1.165) is 19.6 Å². The zero-order valence-corrected chi connectivity index (χ0v) is 8.19. The Balaban J connectivity index is 0.00000121. The Labute approximate surface area is 78.6 Å². The zero-order chi connectivity index (χ0) is 8.27. The largest absolute Gasteiger partial charge is 0.368 e. The average Bonchev–Trinajstić information content (AvgIpc) is 1.85. The van der Waals surface area contributed by atoms with Crippen molar-refractivity contribution in [3.05, 3.63) is 0 Å². The summed E-state index contributed by atoms with van der Waals surface area (Å²) >= 11 is 0. The third-order valence-corrected chi connectivity index (χ3v) is 1.59. The van der Waals surface area contributed by atoms with Gasteiger partial charge in [-0.2, -0.15) is 0 Å². The van der Waals surface area contributed by atoms with Gasteiger partial charge in [-0.15, -0.1) is 17.5 Å². The smallest absolute Gasteiger partial charge is 0.322 e. The summed E-state index contributed by atoms with van der Waals surface area (Å²) in [4.78, 5) is 15.5. The van der Waals surface area contributed by atoms with Gasteiger partial charge in [-0.05, 0) is 6.92 Å². The number of piperazine rings is 1. The Bertz CT molecular complexity index is 154. The molecule has 0 aliphatic carbocycles. The summed E-state index contributed by atoms with van der Waals surface area (Å²) in [6, 6.07) is 0.406. The van der Waals surface area contributed by atoms with Crippen molar-refractivity contribution in [1.29, 1.82) is 0 Å². The quantitative estimate of drug-likeness (QED) is 0.647. The number of carbonyl (C=O) groups is 1. The van der Waals surface area contributed by atoms with Crippen LogP contribution >= 0.6 is 12.4 Å². The van der Waals surface area contributed by atoms with Crippen LogP contribution in [-0.4, -0.2) is 36.7 Å². The van der Waals surface area contributed by atoms with E-state index in [2.05, 4.69) is 12.2 Å². The molecule has 12 heavy (non-hydrogen) atoms. The molecule has 0 spiro atoms. The molecule has 5 heteroatoms.